The zero-order valence-corrected chi connectivity index (χ0v) is 15.0. The van der Waals surface area contributed by atoms with E-state index in [1.165, 1.54) is 7.11 Å². The molecule has 0 aliphatic carbocycles. The fourth-order valence-corrected chi connectivity index (χ4v) is 3.84. The van der Waals surface area contributed by atoms with Crippen LogP contribution in [0.15, 0.2) is 12.1 Å². The third-order valence-electron chi connectivity index (χ3n) is 4.16. The van der Waals surface area contributed by atoms with E-state index < -0.39 is 29.7 Å². The maximum Gasteiger partial charge on any atom is 0.415 e. The predicted octanol–water partition coefficient (Wildman–Crippen LogP) is 1.91. The number of cyclic esters (lactones) is 1. The molecule has 2 saturated heterocycles. The van der Waals surface area contributed by atoms with Crippen molar-refractivity contribution in [2.45, 2.75) is 12.5 Å². The average Bonchev–Trinajstić information content (AvgIpc) is 2.79. The second-order valence-electron chi connectivity index (χ2n) is 5.86. The average molecular weight is 387 g/mol. The number of hydrogen-bond acceptors (Lipinski definition) is 6. The molecule has 0 bridgehead atoms. The summed E-state index contributed by atoms with van der Waals surface area (Å²) in [4.78, 5) is 30.9. The molecule has 1 aromatic carbocycles. The quantitative estimate of drug-likeness (QED) is 0.796. The molecule has 1 N–H and O–H groups in total. The predicted molar refractivity (Wildman–Crippen MR) is 93.3 cm³/mol. The number of thioether (sulfide) groups is 1. The van der Waals surface area contributed by atoms with E-state index >= 15 is 0 Å². The summed E-state index contributed by atoms with van der Waals surface area (Å²) in [7, 11) is 1.25. The molecule has 142 valence electrons. The number of nitrogens with one attached hydrogen (secondary N) is 1. The van der Waals surface area contributed by atoms with Crippen molar-refractivity contribution >= 4 is 35.1 Å². The van der Waals surface area contributed by atoms with Gasteiger partial charge in [0, 0.05) is 31.0 Å². The highest BCUT2D eigenvalue weighted by Gasteiger charge is 2.38. The van der Waals surface area contributed by atoms with Crippen LogP contribution < -0.4 is 15.3 Å². The first-order valence-corrected chi connectivity index (χ1v) is 9.29. The lowest BCUT2D eigenvalue weighted by Crippen LogP contribution is -2.36. The normalized spacial score (nSPS) is 20.7. The minimum Gasteiger partial charge on any atom is -0.434 e. The maximum atomic E-state index is 14.6. The molecule has 10 heteroatoms. The summed E-state index contributed by atoms with van der Waals surface area (Å²) in [6.07, 6.45) is -1.12. The Hall–Kier alpha value is -2.07. The second kappa shape index (κ2) is 8.09. The van der Waals surface area contributed by atoms with Crippen molar-refractivity contribution in [1.82, 2.24) is 5.48 Å². The van der Waals surface area contributed by atoms with E-state index in [4.69, 9.17) is 4.74 Å². The minimum absolute atomic E-state index is 0.00524. The Labute approximate surface area is 153 Å². The van der Waals surface area contributed by atoms with Crippen LogP contribution in [-0.2, 0) is 14.4 Å². The summed E-state index contributed by atoms with van der Waals surface area (Å²) >= 11 is 1.75. The maximum absolute atomic E-state index is 14.6. The molecule has 2 heterocycles. The van der Waals surface area contributed by atoms with Gasteiger partial charge in [0.05, 0.1) is 19.3 Å². The first-order chi connectivity index (χ1) is 12.5. The van der Waals surface area contributed by atoms with Crippen molar-refractivity contribution in [3.8, 4) is 0 Å². The van der Waals surface area contributed by atoms with Crippen LogP contribution in [0.4, 0.5) is 25.0 Å². The molecule has 0 spiro atoms. The number of nitrogens with zero attached hydrogens (tertiary/aromatic N) is 2. The van der Waals surface area contributed by atoms with Crippen LogP contribution >= 0.6 is 11.8 Å². The van der Waals surface area contributed by atoms with Crippen molar-refractivity contribution in [2.75, 3.05) is 48.0 Å². The molecule has 3 rings (SSSR count). The number of ether oxygens (including phenoxy) is 1. The molecular weight excluding hydrogens is 368 g/mol. The van der Waals surface area contributed by atoms with Gasteiger partial charge in [-0.05, 0) is 12.2 Å². The van der Waals surface area contributed by atoms with Crippen molar-refractivity contribution < 1.29 is 27.9 Å². The number of anilines is 2. The van der Waals surface area contributed by atoms with Crippen molar-refractivity contribution in [2.24, 2.45) is 0 Å². The zero-order chi connectivity index (χ0) is 18.7. The smallest absolute Gasteiger partial charge is 0.415 e. The van der Waals surface area contributed by atoms with Crippen LogP contribution in [0.5, 0.6) is 0 Å². The number of rotatable bonds is 4. The Kier molecular flexibility index (Phi) is 5.82. The molecule has 0 aromatic heterocycles. The standard InChI is InChI=1S/C16H19F2N3O4S/c1-24-19-15(22)13-9-21(16(23)25-13)10-7-11(17)14(12(18)8-10)20-3-2-5-26-6-4-20/h7-8,13H,2-6,9H2,1H3,(H,19,22). The molecule has 2 aliphatic rings. The lowest BCUT2D eigenvalue weighted by molar-refractivity contribution is -0.138. The van der Waals surface area contributed by atoms with Crippen LogP contribution in [0.1, 0.15) is 6.42 Å². The van der Waals surface area contributed by atoms with Crippen LogP contribution in [0.2, 0.25) is 0 Å². The topological polar surface area (TPSA) is 71.1 Å². The highest BCUT2D eigenvalue weighted by Crippen LogP contribution is 2.32. The van der Waals surface area contributed by atoms with Crippen LogP contribution in [0.3, 0.4) is 0 Å². The fourth-order valence-electron chi connectivity index (χ4n) is 2.96. The Morgan fingerprint density at radius 3 is 2.73 bits per heavy atom. The first kappa shape index (κ1) is 18.7. The van der Waals surface area contributed by atoms with Crippen molar-refractivity contribution in [1.29, 1.82) is 0 Å². The molecular formula is C16H19F2N3O4S. The molecule has 1 atom stereocenters. The molecule has 2 aliphatic heterocycles. The minimum atomic E-state index is -1.11. The highest BCUT2D eigenvalue weighted by atomic mass is 32.2. The molecule has 0 saturated carbocycles. The molecule has 2 amide bonds. The van der Waals surface area contributed by atoms with Gasteiger partial charge in [0.1, 0.15) is 5.69 Å². The molecule has 0 radical (unpaired) electrons. The third kappa shape index (κ3) is 3.85. The molecule has 1 unspecified atom stereocenters. The van der Waals surface area contributed by atoms with E-state index in [0.717, 1.165) is 35.0 Å². The van der Waals surface area contributed by atoms with Gasteiger partial charge in [-0.1, -0.05) is 0 Å². The van der Waals surface area contributed by atoms with Gasteiger partial charge >= 0.3 is 6.09 Å². The molecule has 2 fully saturated rings. The summed E-state index contributed by atoms with van der Waals surface area (Å²) in [5, 5.41) is 0. The van der Waals surface area contributed by atoms with E-state index in [1.807, 2.05) is 0 Å². The lowest BCUT2D eigenvalue weighted by atomic mass is 10.2. The number of hydrogen-bond donors (Lipinski definition) is 1. The van der Waals surface area contributed by atoms with Crippen molar-refractivity contribution in [3.63, 3.8) is 0 Å². The van der Waals surface area contributed by atoms with Gasteiger partial charge in [0.25, 0.3) is 5.91 Å². The summed E-state index contributed by atoms with van der Waals surface area (Å²) in [6, 6.07) is 2.18. The third-order valence-corrected chi connectivity index (χ3v) is 5.21. The number of halogens is 2. The number of carbonyl (C=O) groups excluding carboxylic acids is 2. The van der Waals surface area contributed by atoms with Crippen LogP contribution in [0.25, 0.3) is 0 Å². The van der Waals surface area contributed by atoms with E-state index in [-0.39, 0.29) is 17.9 Å². The number of amides is 2. The van der Waals surface area contributed by atoms with Gasteiger partial charge in [0.2, 0.25) is 6.10 Å². The zero-order valence-electron chi connectivity index (χ0n) is 14.2. The SMILES string of the molecule is CONC(=O)C1CN(c2cc(F)c(N3CCCSCC3)c(F)c2)C(=O)O1. The van der Waals surface area contributed by atoms with Gasteiger partial charge in [-0.2, -0.15) is 11.8 Å². The lowest BCUT2D eigenvalue weighted by Gasteiger charge is -2.24. The van der Waals surface area contributed by atoms with Gasteiger partial charge in [-0.25, -0.2) is 19.1 Å². The van der Waals surface area contributed by atoms with Crippen molar-refractivity contribution in [3.05, 3.63) is 23.8 Å². The van der Waals surface area contributed by atoms with Gasteiger partial charge in [-0.3, -0.25) is 14.5 Å². The number of carbonyl (C=O) groups is 2. The van der Waals surface area contributed by atoms with Crippen LogP contribution in [0, 0.1) is 11.6 Å². The second-order valence-corrected chi connectivity index (χ2v) is 7.09. The Bertz CT molecular complexity index is 675. The number of benzene rings is 1. The fraction of sp³-hybridized carbons (Fsp3) is 0.500. The molecule has 7 nitrogen and oxygen atoms in total. The van der Waals surface area contributed by atoms with Gasteiger partial charge in [-0.15, -0.1) is 0 Å². The van der Waals surface area contributed by atoms with Gasteiger partial charge < -0.3 is 9.64 Å². The Balaban J connectivity index is 1.81. The summed E-state index contributed by atoms with van der Waals surface area (Å²) in [5.41, 5.74) is 1.98. The summed E-state index contributed by atoms with van der Waals surface area (Å²) in [6.45, 7) is 0.973. The van der Waals surface area contributed by atoms with E-state index in [9.17, 15) is 18.4 Å². The monoisotopic (exact) mass is 387 g/mol. The van der Waals surface area contributed by atoms with E-state index in [0.29, 0.717) is 13.1 Å². The molecule has 1 aromatic rings. The summed E-state index contributed by atoms with van der Waals surface area (Å²) < 4.78 is 34.2. The highest BCUT2D eigenvalue weighted by molar-refractivity contribution is 7.99. The Morgan fingerprint density at radius 2 is 2.04 bits per heavy atom. The summed E-state index contributed by atoms with van der Waals surface area (Å²) in [5.74, 6) is -0.380. The largest absolute Gasteiger partial charge is 0.434 e. The van der Waals surface area contributed by atoms with Gasteiger partial charge in [0.15, 0.2) is 11.6 Å². The van der Waals surface area contributed by atoms with E-state index in [1.54, 1.807) is 16.7 Å². The first-order valence-electron chi connectivity index (χ1n) is 8.14. The molecule has 26 heavy (non-hydrogen) atoms. The Morgan fingerprint density at radius 1 is 1.31 bits per heavy atom. The van der Waals surface area contributed by atoms with E-state index in [2.05, 4.69) is 10.3 Å². The van der Waals surface area contributed by atoms with Crippen LogP contribution in [-0.4, -0.2) is 56.4 Å². The number of hydroxylamine groups is 1.